The van der Waals surface area contributed by atoms with Crippen LogP contribution < -0.4 is 0 Å². The Morgan fingerprint density at radius 2 is 0.917 bits per heavy atom. The molecular weight excluding hydrogens is 292 g/mol. The van der Waals surface area contributed by atoms with E-state index >= 15 is 0 Å². The van der Waals surface area contributed by atoms with Gasteiger partial charge >= 0.3 is 0 Å². The van der Waals surface area contributed by atoms with Crippen molar-refractivity contribution in [2.24, 2.45) is 47.3 Å². The maximum Gasteiger partial charge on any atom is 0.140 e. The third kappa shape index (κ3) is 4.85. The smallest absolute Gasteiger partial charge is 0.140 e. The Balaban J connectivity index is 2.12. The first-order chi connectivity index (χ1) is 11.3. The summed E-state index contributed by atoms with van der Waals surface area (Å²) in [7, 11) is 0. The molecule has 0 aromatic rings. The molecule has 0 aromatic carbocycles. The zero-order valence-electron chi connectivity index (χ0n) is 17.2. The number of hydrogen-bond donors (Lipinski definition) is 0. The minimum atomic E-state index is 0.309. The van der Waals surface area contributed by atoms with Gasteiger partial charge in [0, 0.05) is 11.8 Å². The van der Waals surface area contributed by atoms with Gasteiger partial charge in [-0.25, -0.2) is 0 Å². The van der Waals surface area contributed by atoms with Gasteiger partial charge in [-0.3, -0.25) is 4.79 Å². The van der Waals surface area contributed by atoms with Gasteiger partial charge in [-0.15, -0.1) is 0 Å². The Morgan fingerprint density at radius 1 is 0.625 bits per heavy atom. The molecular formula is C23H42O. The first kappa shape index (κ1) is 20.0. The van der Waals surface area contributed by atoms with Crippen LogP contribution in [0.15, 0.2) is 0 Å². The van der Waals surface area contributed by atoms with Crippen molar-refractivity contribution in [3.8, 4) is 0 Å². The van der Waals surface area contributed by atoms with E-state index in [1.54, 1.807) is 0 Å². The van der Waals surface area contributed by atoms with Gasteiger partial charge in [0.1, 0.15) is 5.78 Å². The lowest BCUT2D eigenvalue weighted by atomic mass is 9.63. The van der Waals surface area contributed by atoms with E-state index in [0.29, 0.717) is 41.3 Å². The Bertz CT molecular complexity index is 345. The Morgan fingerprint density at radius 3 is 1.17 bits per heavy atom. The van der Waals surface area contributed by atoms with Crippen molar-refractivity contribution >= 4 is 5.78 Å². The highest BCUT2D eigenvalue weighted by molar-refractivity contribution is 5.84. The molecule has 1 heteroatoms. The highest BCUT2D eigenvalue weighted by Gasteiger charge is 2.41. The minimum Gasteiger partial charge on any atom is -0.299 e. The second-order valence-electron chi connectivity index (χ2n) is 9.98. The van der Waals surface area contributed by atoms with Crippen LogP contribution >= 0.6 is 0 Å². The summed E-state index contributed by atoms with van der Waals surface area (Å²) in [5.74, 6) is 5.29. The van der Waals surface area contributed by atoms with Crippen LogP contribution in [-0.2, 0) is 4.79 Å². The predicted molar refractivity (Wildman–Crippen MR) is 104 cm³/mol. The zero-order chi connectivity index (χ0) is 17.9. The summed E-state index contributed by atoms with van der Waals surface area (Å²) < 4.78 is 0. The molecule has 2 fully saturated rings. The Kier molecular flexibility index (Phi) is 7.38. The molecule has 2 aliphatic rings. The van der Waals surface area contributed by atoms with Crippen molar-refractivity contribution in [3.05, 3.63) is 0 Å². The first-order valence-corrected chi connectivity index (χ1v) is 10.8. The van der Waals surface area contributed by atoms with Gasteiger partial charge in [0.15, 0.2) is 0 Å². The van der Waals surface area contributed by atoms with Crippen LogP contribution in [0.4, 0.5) is 0 Å². The van der Waals surface area contributed by atoms with E-state index < -0.39 is 0 Å². The molecule has 2 aliphatic carbocycles. The van der Waals surface area contributed by atoms with E-state index in [1.807, 2.05) is 0 Å². The van der Waals surface area contributed by atoms with Crippen molar-refractivity contribution in [1.82, 2.24) is 0 Å². The fraction of sp³-hybridized carbons (Fsp3) is 0.957. The second-order valence-corrected chi connectivity index (χ2v) is 9.98. The van der Waals surface area contributed by atoms with Gasteiger partial charge in [-0.2, -0.15) is 0 Å². The fourth-order valence-electron chi connectivity index (χ4n) is 5.72. The molecule has 2 saturated carbocycles. The molecule has 0 aliphatic heterocycles. The van der Waals surface area contributed by atoms with Gasteiger partial charge in [-0.1, -0.05) is 67.2 Å². The monoisotopic (exact) mass is 334 g/mol. The van der Waals surface area contributed by atoms with E-state index in [-0.39, 0.29) is 0 Å². The van der Waals surface area contributed by atoms with Crippen LogP contribution in [0.5, 0.6) is 0 Å². The average Bonchev–Trinajstić information content (AvgIpc) is 2.51. The van der Waals surface area contributed by atoms with E-state index in [2.05, 4.69) is 41.5 Å². The zero-order valence-corrected chi connectivity index (χ0v) is 17.2. The topological polar surface area (TPSA) is 17.1 Å². The third-order valence-corrected chi connectivity index (χ3v) is 7.23. The summed E-state index contributed by atoms with van der Waals surface area (Å²) in [6, 6.07) is 0. The van der Waals surface area contributed by atoms with Gasteiger partial charge in [0.2, 0.25) is 0 Å². The molecule has 140 valence electrons. The van der Waals surface area contributed by atoms with Crippen molar-refractivity contribution in [2.75, 3.05) is 0 Å². The predicted octanol–water partition coefficient (Wildman–Crippen LogP) is 6.75. The molecule has 2 unspecified atom stereocenters. The van der Waals surface area contributed by atoms with Crippen LogP contribution in [0.3, 0.4) is 0 Å². The largest absolute Gasteiger partial charge is 0.299 e. The fourth-order valence-corrected chi connectivity index (χ4v) is 5.72. The molecule has 0 amide bonds. The molecule has 0 saturated heterocycles. The third-order valence-electron chi connectivity index (χ3n) is 7.23. The molecule has 2 atom stereocenters. The molecule has 0 aromatic heterocycles. The number of rotatable bonds is 6. The molecule has 0 bridgehead atoms. The van der Waals surface area contributed by atoms with E-state index in [1.165, 1.54) is 51.4 Å². The summed E-state index contributed by atoms with van der Waals surface area (Å²) >= 11 is 0. The molecule has 0 heterocycles. The lowest BCUT2D eigenvalue weighted by Crippen LogP contribution is -2.40. The lowest BCUT2D eigenvalue weighted by molar-refractivity contribution is -0.135. The number of carbonyl (C=O) groups is 1. The molecule has 1 nitrogen and oxygen atoms in total. The second kappa shape index (κ2) is 8.86. The number of hydrogen-bond acceptors (Lipinski definition) is 1. The first-order valence-electron chi connectivity index (χ1n) is 10.8. The molecule has 24 heavy (non-hydrogen) atoms. The lowest BCUT2D eigenvalue weighted by Gasteiger charge is -2.40. The SMILES string of the molecule is CC1CCC(C(C(=O)C(C(C)C)C2CCC(C)CC2)C(C)C)CC1. The van der Waals surface area contributed by atoms with E-state index in [9.17, 15) is 4.79 Å². The van der Waals surface area contributed by atoms with Gasteiger partial charge < -0.3 is 0 Å². The average molecular weight is 335 g/mol. The summed E-state index contributed by atoms with van der Waals surface area (Å²) in [6.07, 6.45) is 10.4. The number of ketones is 1. The molecule has 0 spiro atoms. The van der Waals surface area contributed by atoms with Crippen LogP contribution in [0.1, 0.15) is 92.9 Å². The van der Waals surface area contributed by atoms with Crippen molar-refractivity contribution in [1.29, 1.82) is 0 Å². The normalized spacial score (nSPS) is 34.3. The van der Waals surface area contributed by atoms with Crippen LogP contribution in [0.25, 0.3) is 0 Å². The number of Topliss-reactive ketones (excluding diaryl/α,β-unsaturated/α-hetero) is 1. The summed E-state index contributed by atoms with van der Waals surface area (Å²) in [4.78, 5) is 13.7. The summed E-state index contributed by atoms with van der Waals surface area (Å²) in [6.45, 7) is 13.9. The molecule has 0 radical (unpaired) electrons. The molecule has 2 rings (SSSR count). The summed E-state index contributed by atoms with van der Waals surface area (Å²) in [5.41, 5.74) is 0. The maximum atomic E-state index is 13.7. The number of carbonyl (C=O) groups excluding carboxylic acids is 1. The minimum absolute atomic E-state index is 0.309. The van der Waals surface area contributed by atoms with Crippen LogP contribution in [0, 0.1) is 47.3 Å². The van der Waals surface area contributed by atoms with Crippen molar-refractivity contribution < 1.29 is 4.79 Å². The van der Waals surface area contributed by atoms with E-state index in [0.717, 1.165) is 11.8 Å². The molecule has 0 N–H and O–H groups in total. The highest BCUT2D eigenvalue weighted by Crippen LogP contribution is 2.43. The van der Waals surface area contributed by atoms with Crippen molar-refractivity contribution in [3.63, 3.8) is 0 Å². The van der Waals surface area contributed by atoms with Gasteiger partial charge in [0.25, 0.3) is 0 Å². The van der Waals surface area contributed by atoms with Crippen molar-refractivity contribution in [2.45, 2.75) is 92.9 Å². The Hall–Kier alpha value is -0.330. The maximum absolute atomic E-state index is 13.7. The van der Waals surface area contributed by atoms with Crippen LogP contribution in [-0.4, -0.2) is 5.78 Å². The Labute approximate surface area is 151 Å². The van der Waals surface area contributed by atoms with E-state index in [4.69, 9.17) is 0 Å². The highest BCUT2D eigenvalue weighted by atomic mass is 16.1. The quantitative estimate of drug-likeness (QED) is 0.525. The van der Waals surface area contributed by atoms with Crippen LogP contribution in [0.2, 0.25) is 0 Å². The standard InChI is InChI=1S/C23H42O/c1-15(2)21(19-11-7-17(5)8-12-19)23(24)22(16(3)4)20-13-9-18(6)10-14-20/h15-22H,7-14H2,1-6H3. The van der Waals surface area contributed by atoms with Gasteiger partial charge in [0.05, 0.1) is 0 Å². The summed E-state index contributed by atoms with van der Waals surface area (Å²) in [5, 5.41) is 0. The van der Waals surface area contributed by atoms with Gasteiger partial charge in [-0.05, 0) is 61.2 Å².